The summed E-state index contributed by atoms with van der Waals surface area (Å²) in [5.41, 5.74) is -0.622. The molecule has 1 saturated heterocycles. The van der Waals surface area contributed by atoms with Crippen molar-refractivity contribution in [2.75, 3.05) is 19.6 Å². The molecule has 2 rings (SSSR count). The van der Waals surface area contributed by atoms with E-state index in [9.17, 15) is 23.1 Å². The second kappa shape index (κ2) is 7.11. The fraction of sp³-hybridized carbons (Fsp3) is 0.462. The second-order valence-corrected chi connectivity index (χ2v) is 4.77. The van der Waals surface area contributed by atoms with Crippen molar-refractivity contribution < 1.29 is 23.1 Å². The first-order valence-corrected chi connectivity index (χ1v) is 6.22. The van der Waals surface area contributed by atoms with E-state index in [0.29, 0.717) is 13.1 Å². The number of benzene rings is 1. The molecule has 0 bridgehead atoms. The van der Waals surface area contributed by atoms with Crippen LogP contribution in [0.25, 0.3) is 0 Å². The van der Waals surface area contributed by atoms with E-state index in [1.54, 1.807) is 0 Å². The minimum atomic E-state index is -4.41. The fourth-order valence-corrected chi connectivity index (χ4v) is 2.06. The van der Waals surface area contributed by atoms with E-state index < -0.39 is 23.8 Å². The van der Waals surface area contributed by atoms with Crippen LogP contribution in [0.15, 0.2) is 24.3 Å². The quantitative estimate of drug-likeness (QED) is 0.788. The van der Waals surface area contributed by atoms with Crippen molar-refractivity contribution in [3.63, 3.8) is 0 Å². The highest BCUT2D eigenvalue weighted by Gasteiger charge is 2.30. The van der Waals surface area contributed by atoms with Gasteiger partial charge in [-0.2, -0.15) is 13.2 Å². The van der Waals surface area contributed by atoms with Gasteiger partial charge in [0.1, 0.15) is 0 Å². The Morgan fingerprint density at radius 2 is 1.90 bits per heavy atom. The van der Waals surface area contributed by atoms with Crippen molar-refractivity contribution in [1.29, 1.82) is 0 Å². The molecule has 1 aromatic rings. The molecule has 1 heterocycles. The summed E-state index contributed by atoms with van der Waals surface area (Å²) in [5.74, 6) is -0.522. The first kappa shape index (κ1) is 17.7. The van der Waals surface area contributed by atoms with Gasteiger partial charge in [0.25, 0.3) is 5.91 Å². The minimum absolute atomic E-state index is 0. The molecule has 1 fully saturated rings. The largest absolute Gasteiger partial charge is 0.416 e. The number of carbonyl (C=O) groups is 1. The molecule has 2 atom stereocenters. The Morgan fingerprint density at radius 1 is 1.29 bits per heavy atom. The predicted molar refractivity (Wildman–Crippen MR) is 73.4 cm³/mol. The molecule has 0 aliphatic carbocycles. The Kier molecular flexibility index (Phi) is 6.00. The van der Waals surface area contributed by atoms with Gasteiger partial charge < -0.3 is 15.7 Å². The van der Waals surface area contributed by atoms with Crippen LogP contribution in [0.4, 0.5) is 13.2 Å². The summed E-state index contributed by atoms with van der Waals surface area (Å²) in [5, 5.41) is 15.2. The van der Waals surface area contributed by atoms with E-state index in [1.165, 1.54) is 0 Å². The Balaban J connectivity index is 0.00000220. The Bertz CT molecular complexity index is 479. The van der Waals surface area contributed by atoms with Crippen molar-refractivity contribution in [3.05, 3.63) is 35.4 Å². The van der Waals surface area contributed by atoms with Crippen molar-refractivity contribution in [2.24, 2.45) is 5.92 Å². The van der Waals surface area contributed by atoms with Gasteiger partial charge in [-0.15, -0.1) is 12.4 Å². The van der Waals surface area contributed by atoms with Gasteiger partial charge in [0.15, 0.2) is 0 Å². The number of carbonyl (C=O) groups excluding carboxylic acids is 1. The van der Waals surface area contributed by atoms with E-state index in [4.69, 9.17) is 0 Å². The number of amides is 1. The molecule has 0 spiro atoms. The summed E-state index contributed by atoms with van der Waals surface area (Å²) in [7, 11) is 0. The molecule has 1 amide bonds. The zero-order valence-electron chi connectivity index (χ0n) is 11.0. The monoisotopic (exact) mass is 324 g/mol. The standard InChI is InChI=1S/C13H15F3N2O2.ClH/c14-13(15,16)10-3-1-8(2-4-10)12(20)18-6-9-5-17-7-11(9)19;/h1-4,9,11,17,19H,5-7H2,(H,18,20);1H. The number of hydrogen-bond acceptors (Lipinski definition) is 3. The van der Waals surface area contributed by atoms with Crippen LogP contribution < -0.4 is 10.6 Å². The second-order valence-electron chi connectivity index (χ2n) is 4.77. The highest BCUT2D eigenvalue weighted by molar-refractivity contribution is 5.94. The summed E-state index contributed by atoms with van der Waals surface area (Å²) >= 11 is 0. The zero-order chi connectivity index (χ0) is 14.8. The van der Waals surface area contributed by atoms with Crippen molar-refractivity contribution in [2.45, 2.75) is 12.3 Å². The molecule has 0 saturated carbocycles. The lowest BCUT2D eigenvalue weighted by molar-refractivity contribution is -0.137. The predicted octanol–water partition coefficient (Wildman–Crippen LogP) is 1.44. The average Bonchev–Trinajstić information content (AvgIpc) is 2.81. The maximum atomic E-state index is 12.4. The third kappa shape index (κ3) is 4.59. The van der Waals surface area contributed by atoms with Gasteiger partial charge >= 0.3 is 6.18 Å². The van der Waals surface area contributed by atoms with Crippen LogP contribution in [-0.4, -0.2) is 36.8 Å². The minimum Gasteiger partial charge on any atom is -0.391 e. The number of nitrogens with one attached hydrogen (secondary N) is 2. The smallest absolute Gasteiger partial charge is 0.391 e. The molecule has 8 heteroatoms. The molecule has 3 N–H and O–H groups in total. The van der Waals surface area contributed by atoms with E-state index in [1.807, 2.05) is 0 Å². The van der Waals surface area contributed by atoms with Crippen LogP contribution in [-0.2, 0) is 6.18 Å². The number of rotatable bonds is 3. The highest BCUT2D eigenvalue weighted by Crippen LogP contribution is 2.29. The Labute approximate surface area is 126 Å². The third-order valence-electron chi connectivity index (χ3n) is 3.30. The van der Waals surface area contributed by atoms with Gasteiger partial charge in [-0.25, -0.2) is 0 Å². The number of aliphatic hydroxyl groups is 1. The normalized spacial score (nSPS) is 21.7. The van der Waals surface area contributed by atoms with Crippen molar-refractivity contribution >= 4 is 18.3 Å². The van der Waals surface area contributed by atoms with Crippen LogP contribution in [0.2, 0.25) is 0 Å². The number of alkyl halides is 3. The lowest BCUT2D eigenvalue weighted by atomic mass is 10.1. The van der Waals surface area contributed by atoms with Crippen LogP contribution >= 0.6 is 12.4 Å². The molecule has 21 heavy (non-hydrogen) atoms. The average molecular weight is 325 g/mol. The molecule has 4 nitrogen and oxygen atoms in total. The van der Waals surface area contributed by atoms with Crippen molar-refractivity contribution in [1.82, 2.24) is 10.6 Å². The number of β-amino-alcohol motifs (C(OH)–C–C–N with tert-alkyl or cyclic N) is 1. The molecular formula is C13H16ClF3N2O2. The lowest BCUT2D eigenvalue weighted by Crippen LogP contribution is -2.34. The van der Waals surface area contributed by atoms with Crippen LogP contribution in [0.5, 0.6) is 0 Å². The van der Waals surface area contributed by atoms with Gasteiger partial charge in [0, 0.05) is 31.1 Å². The summed E-state index contributed by atoms with van der Waals surface area (Å²) in [6, 6.07) is 4.03. The highest BCUT2D eigenvalue weighted by atomic mass is 35.5. The first-order chi connectivity index (χ1) is 9.38. The van der Waals surface area contributed by atoms with E-state index in [-0.39, 0.29) is 30.4 Å². The maximum Gasteiger partial charge on any atom is 0.416 e. The van der Waals surface area contributed by atoms with Gasteiger partial charge in [-0.1, -0.05) is 0 Å². The zero-order valence-corrected chi connectivity index (χ0v) is 11.8. The molecule has 0 aromatic heterocycles. The molecular weight excluding hydrogens is 309 g/mol. The summed E-state index contributed by atoms with van der Waals surface area (Å²) < 4.78 is 37.1. The number of aliphatic hydroxyl groups excluding tert-OH is 1. The SMILES string of the molecule is Cl.O=C(NCC1CNCC1O)c1ccc(C(F)(F)F)cc1. The number of halogens is 4. The maximum absolute atomic E-state index is 12.4. The van der Waals surface area contributed by atoms with Gasteiger partial charge in [-0.05, 0) is 24.3 Å². The number of hydrogen-bond donors (Lipinski definition) is 3. The first-order valence-electron chi connectivity index (χ1n) is 6.22. The molecule has 1 aromatic carbocycles. The Hall–Kier alpha value is -1.31. The summed E-state index contributed by atoms with van der Waals surface area (Å²) in [6.07, 6.45) is -4.92. The fourth-order valence-electron chi connectivity index (χ4n) is 2.06. The van der Waals surface area contributed by atoms with E-state index in [2.05, 4.69) is 10.6 Å². The lowest BCUT2D eigenvalue weighted by Gasteiger charge is -2.14. The van der Waals surface area contributed by atoms with Gasteiger partial charge in [0.05, 0.1) is 11.7 Å². The van der Waals surface area contributed by atoms with E-state index in [0.717, 1.165) is 24.3 Å². The van der Waals surface area contributed by atoms with Crippen molar-refractivity contribution in [3.8, 4) is 0 Å². The van der Waals surface area contributed by atoms with Crippen LogP contribution in [0.3, 0.4) is 0 Å². The van der Waals surface area contributed by atoms with E-state index >= 15 is 0 Å². The van der Waals surface area contributed by atoms with Gasteiger partial charge in [0.2, 0.25) is 0 Å². The van der Waals surface area contributed by atoms with Crippen LogP contribution in [0, 0.1) is 5.92 Å². The third-order valence-corrected chi connectivity index (χ3v) is 3.30. The topological polar surface area (TPSA) is 61.4 Å². The van der Waals surface area contributed by atoms with Crippen LogP contribution in [0.1, 0.15) is 15.9 Å². The summed E-state index contributed by atoms with van der Waals surface area (Å²) in [4.78, 5) is 11.8. The molecule has 1 aliphatic rings. The summed E-state index contributed by atoms with van der Waals surface area (Å²) in [6.45, 7) is 1.38. The molecule has 0 radical (unpaired) electrons. The molecule has 1 aliphatic heterocycles. The molecule has 2 unspecified atom stereocenters. The molecule has 118 valence electrons. The Morgan fingerprint density at radius 3 is 2.38 bits per heavy atom. The van der Waals surface area contributed by atoms with Gasteiger partial charge in [-0.3, -0.25) is 4.79 Å².